The van der Waals surface area contributed by atoms with Gasteiger partial charge in [-0.1, -0.05) is 23.8 Å². The highest BCUT2D eigenvalue weighted by Gasteiger charge is 2.24. The second-order valence-corrected chi connectivity index (χ2v) is 6.53. The first kappa shape index (κ1) is 18.6. The first-order chi connectivity index (χ1) is 12.9. The van der Waals surface area contributed by atoms with E-state index < -0.39 is 0 Å². The molecule has 27 heavy (non-hydrogen) atoms. The molecule has 0 aliphatic carbocycles. The van der Waals surface area contributed by atoms with Crippen molar-refractivity contribution in [1.29, 1.82) is 0 Å². The number of piperazine rings is 1. The van der Waals surface area contributed by atoms with Crippen molar-refractivity contribution in [1.82, 2.24) is 14.8 Å². The molecule has 1 saturated heterocycles. The van der Waals surface area contributed by atoms with Gasteiger partial charge < -0.3 is 15.1 Å². The van der Waals surface area contributed by atoms with Crippen LogP contribution in [-0.2, 0) is 4.79 Å². The maximum Gasteiger partial charge on any atom is 0.274 e. The predicted octanol–water partition coefficient (Wildman–Crippen LogP) is 1.95. The van der Waals surface area contributed by atoms with E-state index in [4.69, 9.17) is 0 Å². The molecule has 0 saturated carbocycles. The lowest BCUT2D eigenvalue weighted by molar-refractivity contribution is -0.130. The number of pyridine rings is 1. The van der Waals surface area contributed by atoms with Crippen LogP contribution in [-0.4, -0.2) is 58.7 Å². The van der Waals surface area contributed by atoms with Crippen LogP contribution in [0.15, 0.2) is 42.5 Å². The van der Waals surface area contributed by atoms with Crippen molar-refractivity contribution < 1.29 is 14.4 Å². The molecule has 0 radical (unpaired) electrons. The molecule has 1 aliphatic heterocycles. The fraction of sp³-hybridized carbons (Fsp3) is 0.300. The van der Waals surface area contributed by atoms with Gasteiger partial charge in [-0.25, -0.2) is 4.98 Å². The van der Waals surface area contributed by atoms with Crippen molar-refractivity contribution in [3.8, 4) is 0 Å². The van der Waals surface area contributed by atoms with E-state index in [2.05, 4.69) is 10.3 Å². The minimum absolute atomic E-state index is 0.00926. The fourth-order valence-corrected chi connectivity index (χ4v) is 2.90. The summed E-state index contributed by atoms with van der Waals surface area (Å²) in [6.45, 7) is 5.43. The molecule has 0 atom stereocenters. The third-order valence-corrected chi connectivity index (χ3v) is 4.52. The third-order valence-electron chi connectivity index (χ3n) is 4.52. The van der Waals surface area contributed by atoms with Crippen LogP contribution in [0.5, 0.6) is 0 Å². The van der Waals surface area contributed by atoms with Crippen molar-refractivity contribution in [3.63, 3.8) is 0 Å². The Morgan fingerprint density at radius 2 is 1.48 bits per heavy atom. The summed E-state index contributed by atoms with van der Waals surface area (Å²) >= 11 is 0. The second kappa shape index (κ2) is 7.99. The van der Waals surface area contributed by atoms with Gasteiger partial charge in [-0.2, -0.15) is 0 Å². The van der Waals surface area contributed by atoms with Crippen LogP contribution >= 0.6 is 0 Å². The van der Waals surface area contributed by atoms with E-state index in [-0.39, 0.29) is 29.1 Å². The lowest BCUT2D eigenvalue weighted by Crippen LogP contribution is -2.50. The molecule has 0 bridgehead atoms. The Morgan fingerprint density at radius 1 is 0.889 bits per heavy atom. The van der Waals surface area contributed by atoms with Gasteiger partial charge in [0.2, 0.25) is 5.91 Å². The molecule has 1 aromatic carbocycles. The number of hydrogen-bond acceptors (Lipinski definition) is 4. The summed E-state index contributed by atoms with van der Waals surface area (Å²) < 4.78 is 0. The number of amides is 3. The van der Waals surface area contributed by atoms with Crippen molar-refractivity contribution in [2.24, 2.45) is 0 Å². The number of rotatable bonds is 3. The SMILES string of the molecule is CC(=O)N1CCN(C(=O)c2cccc(C(=O)Nc3ccc(C)cc3)n2)CC1. The Bertz CT molecular complexity index is 856. The molecule has 7 heteroatoms. The smallest absolute Gasteiger partial charge is 0.274 e. The summed E-state index contributed by atoms with van der Waals surface area (Å²) in [5, 5.41) is 2.78. The second-order valence-electron chi connectivity index (χ2n) is 6.53. The minimum Gasteiger partial charge on any atom is -0.339 e. The number of benzene rings is 1. The number of aromatic nitrogens is 1. The molecule has 1 aromatic heterocycles. The maximum atomic E-state index is 12.7. The van der Waals surface area contributed by atoms with Gasteiger partial charge in [0.25, 0.3) is 11.8 Å². The van der Waals surface area contributed by atoms with Crippen LogP contribution < -0.4 is 5.32 Å². The van der Waals surface area contributed by atoms with E-state index in [0.29, 0.717) is 31.9 Å². The van der Waals surface area contributed by atoms with Crippen LogP contribution in [0, 0.1) is 6.92 Å². The number of aryl methyl sites for hydroxylation is 1. The lowest BCUT2D eigenvalue weighted by atomic mass is 10.2. The first-order valence-electron chi connectivity index (χ1n) is 8.84. The van der Waals surface area contributed by atoms with E-state index in [1.54, 1.807) is 28.0 Å². The Labute approximate surface area is 158 Å². The van der Waals surface area contributed by atoms with Gasteiger partial charge in [0.1, 0.15) is 11.4 Å². The van der Waals surface area contributed by atoms with Gasteiger partial charge in [0, 0.05) is 38.8 Å². The molecule has 1 fully saturated rings. The maximum absolute atomic E-state index is 12.7. The quantitative estimate of drug-likeness (QED) is 0.900. The highest BCUT2D eigenvalue weighted by molar-refractivity contribution is 6.03. The van der Waals surface area contributed by atoms with Crippen molar-refractivity contribution in [2.75, 3.05) is 31.5 Å². The lowest BCUT2D eigenvalue weighted by Gasteiger charge is -2.34. The standard InChI is InChI=1S/C20H22N4O3/c1-14-6-8-16(9-7-14)21-19(26)17-4-3-5-18(22-17)20(27)24-12-10-23(11-13-24)15(2)25/h3-9H,10-13H2,1-2H3,(H,21,26). The van der Waals surface area contributed by atoms with E-state index >= 15 is 0 Å². The van der Waals surface area contributed by atoms with E-state index in [0.717, 1.165) is 5.56 Å². The van der Waals surface area contributed by atoms with Crippen molar-refractivity contribution in [3.05, 3.63) is 59.4 Å². The summed E-state index contributed by atoms with van der Waals surface area (Å²) in [6.07, 6.45) is 0. The van der Waals surface area contributed by atoms with Crippen LogP contribution in [0.1, 0.15) is 33.5 Å². The summed E-state index contributed by atoms with van der Waals surface area (Å²) in [4.78, 5) is 44.1. The molecule has 140 valence electrons. The molecule has 0 spiro atoms. The number of nitrogens with zero attached hydrogens (tertiary/aromatic N) is 3. The zero-order valence-electron chi connectivity index (χ0n) is 15.4. The highest BCUT2D eigenvalue weighted by atomic mass is 16.2. The Balaban J connectivity index is 1.67. The molecular weight excluding hydrogens is 344 g/mol. The Morgan fingerprint density at radius 3 is 2.11 bits per heavy atom. The molecular formula is C20H22N4O3. The van der Waals surface area contributed by atoms with E-state index in [1.807, 2.05) is 31.2 Å². The zero-order valence-corrected chi connectivity index (χ0v) is 15.4. The average Bonchev–Trinajstić information content (AvgIpc) is 2.69. The average molecular weight is 366 g/mol. The zero-order chi connectivity index (χ0) is 19.4. The highest BCUT2D eigenvalue weighted by Crippen LogP contribution is 2.12. The van der Waals surface area contributed by atoms with Gasteiger partial charge in [-0.05, 0) is 31.2 Å². The Kier molecular flexibility index (Phi) is 5.49. The summed E-state index contributed by atoms with van der Waals surface area (Å²) in [7, 11) is 0. The summed E-state index contributed by atoms with van der Waals surface area (Å²) in [6, 6.07) is 12.3. The largest absolute Gasteiger partial charge is 0.339 e. The fourth-order valence-electron chi connectivity index (χ4n) is 2.90. The first-order valence-corrected chi connectivity index (χ1v) is 8.84. The monoisotopic (exact) mass is 366 g/mol. The minimum atomic E-state index is -0.366. The summed E-state index contributed by atoms with van der Waals surface area (Å²) in [5.74, 6) is -0.590. The number of carbonyl (C=O) groups excluding carboxylic acids is 3. The van der Waals surface area contributed by atoms with Gasteiger partial charge in [0.05, 0.1) is 0 Å². The molecule has 1 N–H and O–H groups in total. The van der Waals surface area contributed by atoms with Gasteiger partial charge in [-0.3, -0.25) is 14.4 Å². The summed E-state index contributed by atoms with van der Waals surface area (Å²) in [5.41, 5.74) is 2.18. The van der Waals surface area contributed by atoms with E-state index in [9.17, 15) is 14.4 Å². The molecule has 7 nitrogen and oxygen atoms in total. The molecule has 0 unspecified atom stereocenters. The van der Waals surface area contributed by atoms with Crippen molar-refractivity contribution in [2.45, 2.75) is 13.8 Å². The Hall–Kier alpha value is -3.22. The van der Waals surface area contributed by atoms with Crippen molar-refractivity contribution >= 4 is 23.4 Å². The van der Waals surface area contributed by atoms with Crippen LogP contribution in [0.4, 0.5) is 5.69 Å². The third kappa shape index (κ3) is 4.49. The van der Waals surface area contributed by atoms with Crippen LogP contribution in [0.2, 0.25) is 0 Å². The van der Waals surface area contributed by atoms with Crippen LogP contribution in [0.3, 0.4) is 0 Å². The molecule has 1 aliphatic rings. The topological polar surface area (TPSA) is 82.6 Å². The number of nitrogens with one attached hydrogen (secondary N) is 1. The van der Waals surface area contributed by atoms with Crippen LogP contribution in [0.25, 0.3) is 0 Å². The van der Waals surface area contributed by atoms with E-state index in [1.165, 1.54) is 6.92 Å². The number of carbonyl (C=O) groups is 3. The van der Waals surface area contributed by atoms with Gasteiger partial charge >= 0.3 is 0 Å². The van der Waals surface area contributed by atoms with Gasteiger partial charge in [0.15, 0.2) is 0 Å². The molecule has 2 heterocycles. The predicted molar refractivity (Wildman–Crippen MR) is 102 cm³/mol. The number of hydrogen-bond donors (Lipinski definition) is 1. The normalized spacial score (nSPS) is 14.0. The molecule has 3 rings (SSSR count). The van der Waals surface area contributed by atoms with Gasteiger partial charge in [-0.15, -0.1) is 0 Å². The number of anilines is 1. The molecule has 3 amide bonds. The molecule has 2 aromatic rings.